The highest BCUT2D eigenvalue weighted by Crippen LogP contribution is 2.30. The molecule has 0 aromatic heterocycles. The molecule has 1 saturated heterocycles. The van der Waals surface area contributed by atoms with E-state index in [4.69, 9.17) is 0 Å². The summed E-state index contributed by atoms with van der Waals surface area (Å²) in [6, 6.07) is 9.31. The Morgan fingerprint density at radius 1 is 1.27 bits per heavy atom. The van der Waals surface area contributed by atoms with Crippen LogP contribution in [0.3, 0.4) is 0 Å². The Balaban J connectivity index is 2.11. The summed E-state index contributed by atoms with van der Waals surface area (Å²) in [5.74, 6) is 0. The molecule has 0 saturated carbocycles. The van der Waals surface area contributed by atoms with Crippen LogP contribution in [-0.4, -0.2) is 47.8 Å². The van der Waals surface area contributed by atoms with Crippen molar-refractivity contribution in [2.24, 2.45) is 0 Å². The van der Waals surface area contributed by atoms with Gasteiger partial charge in [-0.15, -0.1) is 0 Å². The summed E-state index contributed by atoms with van der Waals surface area (Å²) in [4.78, 5) is 0. The Morgan fingerprint density at radius 3 is 2.50 bits per heavy atom. The molecule has 2 rings (SSSR count). The lowest BCUT2D eigenvalue weighted by Crippen LogP contribution is -2.46. The Morgan fingerprint density at radius 2 is 1.91 bits per heavy atom. The fourth-order valence-corrected chi connectivity index (χ4v) is 4.99. The predicted molar refractivity (Wildman–Crippen MR) is 87.6 cm³/mol. The quantitative estimate of drug-likeness (QED) is 0.835. The summed E-state index contributed by atoms with van der Waals surface area (Å²) >= 11 is 0. The van der Waals surface area contributed by atoms with E-state index < -0.39 is 16.3 Å². The zero-order valence-electron chi connectivity index (χ0n) is 13.4. The molecule has 6 heteroatoms. The Hall–Kier alpha value is -0.950. The molecule has 1 heterocycles. The first-order valence-corrected chi connectivity index (χ1v) is 9.40. The van der Waals surface area contributed by atoms with Crippen molar-refractivity contribution in [2.45, 2.75) is 45.3 Å². The highest BCUT2D eigenvalue weighted by atomic mass is 32.2. The number of benzene rings is 1. The SMILES string of the molecule is CCN(CC)S(=O)(=O)N1CCCC1CC(O)c1ccccc1. The highest BCUT2D eigenvalue weighted by molar-refractivity contribution is 7.86. The predicted octanol–water partition coefficient (Wildman–Crippen LogP) is 2.16. The minimum absolute atomic E-state index is 0.124. The zero-order valence-corrected chi connectivity index (χ0v) is 14.2. The van der Waals surface area contributed by atoms with E-state index in [2.05, 4.69) is 0 Å². The van der Waals surface area contributed by atoms with Crippen molar-refractivity contribution in [1.29, 1.82) is 0 Å². The van der Waals surface area contributed by atoms with Crippen LogP contribution in [0, 0.1) is 0 Å². The van der Waals surface area contributed by atoms with Gasteiger partial charge in [-0.05, 0) is 24.8 Å². The van der Waals surface area contributed by atoms with Gasteiger partial charge in [0.05, 0.1) is 6.10 Å². The van der Waals surface area contributed by atoms with E-state index in [9.17, 15) is 13.5 Å². The second kappa shape index (κ2) is 7.55. The number of aliphatic hydroxyl groups is 1. The van der Waals surface area contributed by atoms with Crippen molar-refractivity contribution in [2.75, 3.05) is 19.6 Å². The number of hydrogen-bond donors (Lipinski definition) is 1. The van der Waals surface area contributed by atoms with Gasteiger partial charge in [0.25, 0.3) is 10.2 Å². The van der Waals surface area contributed by atoms with Crippen LogP contribution in [0.15, 0.2) is 30.3 Å². The molecule has 22 heavy (non-hydrogen) atoms. The molecule has 1 aliphatic heterocycles. The molecule has 2 unspecified atom stereocenters. The van der Waals surface area contributed by atoms with Gasteiger partial charge in [0.2, 0.25) is 0 Å². The van der Waals surface area contributed by atoms with Crippen LogP contribution in [-0.2, 0) is 10.2 Å². The lowest BCUT2D eigenvalue weighted by molar-refractivity contribution is 0.140. The molecule has 1 aliphatic rings. The number of nitrogens with zero attached hydrogens (tertiary/aromatic N) is 2. The van der Waals surface area contributed by atoms with Crippen molar-refractivity contribution < 1.29 is 13.5 Å². The van der Waals surface area contributed by atoms with Gasteiger partial charge in [-0.25, -0.2) is 0 Å². The Labute approximate surface area is 133 Å². The highest BCUT2D eigenvalue weighted by Gasteiger charge is 2.37. The van der Waals surface area contributed by atoms with Gasteiger partial charge in [0, 0.05) is 25.7 Å². The van der Waals surface area contributed by atoms with Crippen molar-refractivity contribution in [3.63, 3.8) is 0 Å². The maximum Gasteiger partial charge on any atom is 0.282 e. The van der Waals surface area contributed by atoms with E-state index in [1.54, 1.807) is 4.31 Å². The van der Waals surface area contributed by atoms with E-state index in [1.807, 2.05) is 44.2 Å². The monoisotopic (exact) mass is 326 g/mol. The number of aliphatic hydroxyl groups excluding tert-OH is 1. The lowest BCUT2D eigenvalue weighted by atomic mass is 10.0. The summed E-state index contributed by atoms with van der Waals surface area (Å²) in [7, 11) is -3.42. The van der Waals surface area contributed by atoms with E-state index >= 15 is 0 Å². The third kappa shape index (κ3) is 3.68. The van der Waals surface area contributed by atoms with Gasteiger partial charge in [0.1, 0.15) is 0 Å². The molecule has 1 aromatic rings. The van der Waals surface area contributed by atoms with E-state index in [-0.39, 0.29) is 6.04 Å². The van der Waals surface area contributed by atoms with Crippen LogP contribution >= 0.6 is 0 Å². The van der Waals surface area contributed by atoms with Gasteiger partial charge >= 0.3 is 0 Å². The average molecular weight is 326 g/mol. The molecule has 0 radical (unpaired) electrons. The maximum absolute atomic E-state index is 12.7. The van der Waals surface area contributed by atoms with Crippen molar-refractivity contribution >= 4 is 10.2 Å². The first-order chi connectivity index (χ1) is 10.5. The van der Waals surface area contributed by atoms with Crippen LogP contribution < -0.4 is 0 Å². The molecule has 1 aromatic carbocycles. The molecular weight excluding hydrogens is 300 g/mol. The third-order valence-electron chi connectivity index (χ3n) is 4.33. The largest absolute Gasteiger partial charge is 0.388 e. The van der Waals surface area contributed by atoms with Crippen LogP contribution in [0.4, 0.5) is 0 Å². The van der Waals surface area contributed by atoms with Gasteiger partial charge in [0.15, 0.2) is 0 Å². The lowest BCUT2D eigenvalue weighted by Gasteiger charge is -2.30. The molecule has 1 fully saturated rings. The summed E-state index contributed by atoms with van der Waals surface area (Å²) in [5.41, 5.74) is 0.842. The fraction of sp³-hybridized carbons (Fsp3) is 0.625. The fourth-order valence-electron chi connectivity index (χ4n) is 3.12. The molecule has 0 aliphatic carbocycles. The summed E-state index contributed by atoms with van der Waals surface area (Å²) in [5, 5.41) is 10.4. The zero-order chi connectivity index (χ0) is 16.2. The Bertz CT molecular complexity index is 558. The van der Waals surface area contributed by atoms with Crippen molar-refractivity contribution in [3.05, 3.63) is 35.9 Å². The molecule has 2 atom stereocenters. The van der Waals surface area contributed by atoms with Crippen LogP contribution in [0.2, 0.25) is 0 Å². The number of rotatable bonds is 7. The first kappa shape index (κ1) is 17.4. The average Bonchev–Trinajstić information content (AvgIpc) is 2.98. The molecule has 5 nitrogen and oxygen atoms in total. The molecule has 1 N–H and O–H groups in total. The van der Waals surface area contributed by atoms with Crippen molar-refractivity contribution in [1.82, 2.24) is 8.61 Å². The van der Waals surface area contributed by atoms with Gasteiger partial charge in [-0.3, -0.25) is 0 Å². The minimum Gasteiger partial charge on any atom is -0.388 e. The third-order valence-corrected chi connectivity index (χ3v) is 6.57. The summed E-state index contributed by atoms with van der Waals surface area (Å²) < 4.78 is 28.4. The topological polar surface area (TPSA) is 60.9 Å². The minimum atomic E-state index is -3.42. The van der Waals surface area contributed by atoms with Crippen molar-refractivity contribution in [3.8, 4) is 0 Å². The Kier molecular flexibility index (Phi) is 5.97. The van der Waals surface area contributed by atoms with E-state index in [1.165, 1.54) is 4.31 Å². The first-order valence-electron chi connectivity index (χ1n) is 8.00. The van der Waals surface area contributed by atoms with Crippen LogP contribution in [0.5, 0.6) is 0 Å². The second-order valence-electron chi connectivity index (χ2n) is 5.66. The van der Waals surface area contributed by atoms with Gasteiger partial charge in [-0.2, -0.15) is 17.0 Å². The normalized spacial score (nSPS) is 21.4. The maximum atomic E-state index is 12.7. The molecule has 0 amide bonds. The van der Waals surface area contributed by atoms with Gasteiger partial charge in [-0.1, -0.05) is 44.2 Å². The standard InChI is InChI=1S/C16H26N2O3S/c1-3-17(4-2)22(20,21)18-12-8-11-15(18)13-16(19)14-9-6-5-7-10-14/h5-7,9-10,15-16,19H,3-4,8,11-13H2,1-2H3. The van der Waals surface area contributed by atoms with Gasteiger partial charge < -0.3 is 5.11 Å². The summed E-state index contributed by atoms with van der Waals surface area (Å²) in [6.07, 6.45) is 1.49. The van der Waals surface area contributed by atoms with Crippen LogP contribution in [0.1, 0.15) is 44.8 Å². The molecule has 124 valence electrons. The summed E-state index contributed by atoms with van der Waals surface area (Å²) in [6.45, 7) is 5.20. The molecular formula is C16H26N2O3S. The van der Waals surface area contributed by atoms with E-state index in [0.29, 0.717) is 26.1 Å². The molecule has 0 spiro atoms. The van der Waals surface area contributed by atoms with E-state index in [0.717, 1.165) is 18.4 Å². The second-order valence-corrected chi connectivity index (χ2v) is 7.54. The molecule has 0 bridgehead atoms. The van der Waals surface area contributed by atoms with Crippen LogP contribution in [0.25, 0.3) is 0 Å². The smallest absolute Gasteiger partial charge is 0.282 e. The number of hydrogen-bond acceptors (Lipinski definition) is 3.